The Morgan fingerprint density at radius 2 is 1.52 bits per heavy atom. The van der Waals surface area contributed by atoms with Crippen LogP contribution < -0.4 is 33.2 Å². The molecule has 0 bridgehead atoms. The van der Waals surface area contributed by atoms with Gasteiger partial charge in [-0.2, -0.15) is 0 Å². The van der Waals surface area contributed by atoms with Gasteiger partial charge in [0.2, 0.25) is 23.6 Å². The number of primary amides is 1. The molecule has 0 spiro atoms. The molecule has 3 unspecified atom stereocenters. The van der Waals surface area contributed by atoms with E-state index >= 15 is 0 Å². The molecule has 0 saturated heterocycles. The lowest BCUT2D eigenvalue weighted by molar-refractivity contribution is -0.143. The van der Waals surface area contributed by atoms with Crippen LogP contribution in [-0.2, 0) is 28.8 Å². The fourth-order valence-corrected chi connectivity index (χ4v) is 2.38. The number of carbonyl (C=O) groups excluding carboxylic acids is 4. The average molecular weight is 446 g/mol. The topological polar surface area (TPSA) is 257 Å². The highest BCUT2D eigenvalue weighted by molar-refractivity contribution is 5.94. The van der Waals surface area contributed by atoms with E-state index in [-0.39, 0.29) is 19.3 Å². The standard InChI is InChI=1S/C17H30N6O8/c18-6-2-1-3-10(17(30)31)23-16(29)11(7-14(26)27)22-13(25)8-21-15(28)9(19)4-5-12(20)24/h9-11H,1-8,18-19H2,(H2,20,24)(H,21,28)(H,22,25)(H,23,29)(H,26,27)(H,30,31). The molecule has 4 amide bonds. The highest BCUT2D eigenvalue weighted by Crippen LogP contribution is 2.03. The van der Waals surface area contributed by atoms with E-state index in [2.05, 4.69) is 16.0 Å². The number of rotatable bonds is 16. The average Bonchev–Trinajstić information content (AvgIpc) is 2.68. The van der Waals surface area contributed by atoms with Crippen LogP contribution in [0.3, 0.4) is 0 Å². The number of nitrogens with two attached hydrogens (primary N) is 3. The molecule has 0 aliphatic heterocycles. The molecule has 0 aromatic rings. The van der Waals surface area contributed by atoms with Gasteiger partial charge in [0.05, 0.1) is 19.0 Å². The number of nitrogens with one attached hydrogen (secondary N) is 3. The molecule has 176 valence electrons. The zero-order chi connectivity index (χ0) is 24.0. The van der Waals surface area contributed by atoms with Crippen molar-refractivity contribution >= 4 is 35.6 Å². The fourth-order valence-electron chi connectivity index (χ4n) is 2.38. The molecule has 14 nitrogen and oxygen atoms in total. The Kier molecular flexibility index (Phi) is 13.1. The van der Waals surface area contributed by atoms with Gasteiger partial charge in [-0.05, 0) is 32.2 Å². The van der Waals surface area contributed by atoms with Crippen molar-refractivity contribution in [2.24, 2.45) is 17.2 Å². The summed E-state index contributed by atoms with van der Waals surface area (Å²) in [5, 5.41) is 24.7. The lowest BCUT2D eigenvalue weighted by atomic mass is 10.1. The van der Waals surface area contributed by atoms with Gasteiger partial charge in [-0.1, -0.05) is 0 Å². The number of amides is 4. The molecule has 31 heavy (non-hydrogen) atoms. The first-order valence-electron chi connectivity index (χ1n) is 9.53. The van der Waals surface area contributed by atoms with Gasteiger partial charge in [0.15, 0.2) is 0 Å². The van der Waals surface area contributed by atoms with Crippen molar-refractivity contribution in [3.8, 4) is 0 Å². The summed E-state index contributed by atoms with van der Waals surface area (Å²) >= 11 is 0. The highest BCUT2D eigenvalue weighted by atomic mass is 16.4. The molecule has 0 aliphatic rings. The van der Waals surface area contributed by atoms with Crippen LogP contribution in [0, 0.1) is 0 Å². The number of hydrogen-bond acceptors (Lipinski definition) is 8. The monoisotopic (exact) mass is 446 g/mol. The second kappa shape index (κ2) is 14.7. The Morgan fingerprint density at radius 3 is 2.03 bits per heavy atom. The highest BCUT2D eigenvalue weighted by Gasteiger charge is 2.28. The van der Waals surface area contributed by atoms with E-state index in [9.17, 15) is 33.9 Å². The maximum Gasteiger partial charge on any atom is 0.326 e. The van der Waals surface area contributed by atoms with Crippen molar-refractivity contribution in [2.75, 3.05) is 13.1 Å². The minimum Gasteiger partial charge on any atom is -0.481 e. The third-order valence-electron chi connectivity index (χ3n) is 4.05. The van der Waals surface area contributed by atoms with Crippen LogP contribution >= 0.6 is 0 Å². The molecule has 14 heteroatoms. The lowest BCUT2D eigenvalue weighted by Gasteiger charge is -2.20. The van der Waals surface area contributed by atoms with Crippen molar-refractivity contribution in [1.29, 1.82) is 0 Å². The first-order valence-corrected chi connectivity index (χ1v) is 9.53. The number of carboxylic acids is 2. The van der Waals surface area contributed by atoms with Crippen LogP contribution in [0.1, 0.15) is 38.5 Å². The molecule has 0 radical (unpaired) electrons. The predicted molar refractivity (Wildman–Crippen MR) is 106 cm³/mol. The number of unbranched alkanes of at least 4 members (excludes halogenated alkanes) is 1. The number of hydrogen-bond donors (Lipinski definition) is 8. The molecule has 3 atom stereocenters. The van der Waals surface area contributed by atoms with E-state index < -0.39 is 66.7 Å². The number of carboxylic acid groups (broad SMARTS) is 2. The van der Waals surface area contributed by atoms with Gasteiger partial charge in [-0.15, -0.1) is 0 Å². The van der Waals surface area contributed by atoms with Gasteiger partial charge in [-0.3, -0.25) is 24.0 Å². The van der Waals surface area contributed by atoms with Gasteiger partial charge in [-0.25, -0.2) is 4.79 Å². The summed E-state index contributed by atoms with van der Waals surface area (Å²) in [5.74, 6) is -6.02. The Labute approximate surface area is 178 Å². The van der Waals surface area contributed by atoms with Gasteiger partial charge in [0, 0.05) is 6.42 Å². The summed E-state index contributed by atoms with van der Waals surface area (Å²) < 4.78 is 0. The normalized spacial score (nSPS) is 13.4. The summed E-state index contributed by atoms with van der Waals surface area (Å²) in [7, 11) is 0. The molecule has 0 rings (SSSR count). The second-order valence-electron chi connectivity index (χ2n) is 6.73. The van der Waals surface area contributed by atoms with Crippen molar-refractivity contribution in [3.05, 3.63) is 0 Å². The maximum atomic E-state index is 12.3. The first kappa shape index (κ1) is 27.7. The summed E-state index contributed by atoms with van der Waals surface area (Å²) in [6.45, 7) is -0.277. The quantitative estimate of drug-likeness (QED) is 0.108. The van der Waals surface area contributed by atoms with Crippen LogP contribution in [0.15, 0.2) is 0 Å². The minimum atomic E-state index is -1.57. The molecule has 0 fully saturated rings. The maximum absolute atomic E-state index is 12.3. The SMILES string of the molecule is NCCCCC(NC(=O)C(CC(=O)O)NC(=O)CNC(=O)C(N)CCC(N)=O)C(=O)O. The third kappa shape index (κ3) is 12.8. The summed E-state index contributed by atoms with van der Waals surface area (Å²) in [6.07, 6.45) is 0.0667. The largest absolute Gasteiger partial charge is 0.481 e. The van der Waals surface area contributed by atoms with Gasteiger partial charge >= 0.3 is 11.9 Å². The van der Waals surface area contributed by atoms with E-state index in [4.69, 9.17) is 22.3 Å². The third-order valence-corrected chi connectivity index (χ3v) is 4.05. The Bertz CT molecular complexity index is 671. The van der Waals surface area contributed by atoms with Crippen LogP contribution in [0.2, 0.25) is 0 Å². The molecule has 0 aromatic carbocycles. The predicted octanol–water partition coefficient (Wildman–Crippen LogP) is -3.65. The van der Waals surface area contributed by atoms with E-state index in [0.29, 0.717) is 19.4 Å². The molecule has 0 aromatic heterocycles. The molecule has 11 N–H and O–H groups in total. The zero-order valence-corrected chi connectivity index (χ0v) is 17.0. The smallest absolute Gasteiger partial charge is 0.326 e. The molecule has 0 heterocycles. The first-order chi connectivity index (χ1) is 14.5. The van der Waals surface area contributed by atoms with Crippen LogP contribution in [-0.4, -0.2) is 77.0 Å². The van der Waals surface area contributed by atoms with E-state index in [1.165, 1.54) is 0 Å². The van der Waals surface area contributed by atoms with E-state index in [0.717, 1.165) is 0 Å². The summed E-state index contributed by atoms with van der Waals surface area (Å²) in [4.78, 5) is 69.2. The second-order valence-corrected chi connectivity index (χ2v) is 6.73. The zero-order valence-electron chi connectivity index (χ0n) is 17.0. The summed E-state index contributed by atoms with van der Waals surface area (Å²) in [6, 6.07) is -3.94. The van der Waals surface area contributed by atoms with Crippen molar-refractivity contribution in [3.63, 3.8) is 0 Å². The lowest BCUT2D eigenvalue weighted by Crippen LogP contribution is -2.54. The minimum absolute atomic E-state index is 0.0342. The van der Waals surface area contributed by atoms with Gasteiger partial charge in [0.1, 0.15) is 12.1 Å². The van der Waals surface area contributed by atoms with E-state index in [1.54, 1.807) is 0 Å². The number of carbonyl (C=O) groups is 6. The molecular formula is C17H30N6O8. The van der Waals surface area contributed by atoms with Crippen LogP contribution in [0.25, 0.3) is 0 Å². The Hall–Kier alpha value is -3.26. The molecular weight excluding hydrogens is 416 g/mol. The van der Waals surface area contributed by atoms with Crippen LogP contribution in [0.4, 0.5) is 0 Å². The fraction of sp³-hybridized carbons (Fsp3) is 0.647. The number of aliphatic carboxylic acids is 2. The van der Waals surface area contributed by atoms with Gasteiger partial charge in [0.25, 0.3) is 0 Å². The van der Waals surface area contributed by atoms with Crippen LogP contribution in [0.5, 0.6) is 0 Å². The van der Waals surface area contributed by atoms with E-state index in [1.807, 2.05) is 0 Å². The summed E-state index contributed by atoms with van der Waals surface area (Å²) in [5.41, 5.74) is 15.8. The Morgan fingerprint density at radius 1 is 0.871 bits per heavy atom. The molecule has 0 saturated carbocycles. The van der Waals surface area contributed by atoms with Crippen molar-refractivity contribution in [2.45, 2.75) is 56.7 Å². The Balaban J connectivity index is 4.84. The molecule has 0 aliphatic carbocycles. The van der Waals surface area contributed by atoms with Crippen molar-refractivity contribution in [1.82, 2.24) is 16.0 Å². The van der Waals surface area contributed by atoms with Crippen molar-refractivity contribution < 1.29 is 39.0 Å². The van der Waals surface area contributed by atoms with Gasteiger partial charge < -0.3 is 43.4 Å².